The van der Waals surface area contributed by atoms with Gasteiger partial charge in [-0.2, -0.15) is 0 Å². The highest BCUT2D eigenvalue weighted by Gasteiger charge is 2.20. The molecule has 0 saturated heterocycles. The van der Waals surface area contributed by atoms with Crippen molar-refractivity contribution < 1.29 is 26.7 Å². The number of sulfone groups is 1. The first kappa shape index (κ1) is 23.4. The van der Waals surface area contributed by atoms with Crippen LogP contribution in [0.2, 0.25) is 0 Å². The zero-order valence-electron chi connectivity index (χ0n) is 18.8. The van der Waals surface area contributed by atoms with E-state index in [9.17, 15) is 17.2 Å². The summed E-state index contributed by atoms with van der Waals surface area (Å²) in [6, 6.07) is 9.72. The molecule has 2 aromatic heterocycles. The SMILES string of the molecule is C=Cc1cc2c(-c3cc(CS(C)(=O)=O)ccc3Oc3ccc(F)cc3F)cn(C)c2c(OC)n1. The topological polar surface area (TPSA) is 70.4 Å². The first-order valence-corrected chi connectivity index (χ1v) is 12.3. The van der Waals surface area contributed by atoms with E-state index in [4.69, 9.17) is 9.47 Å². The van der Waals surface area contributed by atoms with Gasteiger partial charge in [-0.3, -0.25) is 0 Å². The lowest BCUT2D eigenvalue weighted by molar-refractivity contribution is 0.401. The van der Waals surface area contributed by atoms with Crippen LogP contribution in [0.15, 0.2) is 55.2 Å². The second-order valence-electron chi connectivity index (χ2n) is 7.89. The summed E-state index contributed by atoms with van der Waals surface area (Å²) in [5.74, 6) is -1.27. The summed E-state index contributed by atoms with van der Waals surface area (Å²) in [4.78, 5) is 4.42. The monoisotopic (exact) mass is 484 g/mol. The van der Waals surface area contributed by atoms with Crippen molar-refractivity contribution in [3.05, 3.63) is 78.1 Å². The highest BCUT2D eigenvalue weighted by atomic mass is 32.2. The van der Waals surface area contributed by atoms with Crippen LogP contribution in [-0.2, 0) is 22.6 Å². The van der Waals surface area contributed by atoms with Crippen molar-refractivity contribution in [2.45, 2.75) is 5.75 Å². The summed E-state index contributed by atoms with van der Waals surface area (Å²) >= 11 is 0. The summed E-state index contributed by atoms with van der Waals surface area (Å²) in [6.07, 6.45) is 4.56. The Bertz CT molecular complexity index is 1530. The molecule has 34 heavy (non-hydrogen) atoms. The van der Waals surface area contributed by atoms with Gasteiger partial charge in [-0.15, -0.1) is 0 Å². The largest absolute Gasteiger partial charge is 0.479 e. The predicted molar refractivity (Wildman–Crippen MR) is 128 cm³/mol. The maximum atomic E-state index is 14.3. The zero-order valence-corrected chi connectivity index (χ0v) is 19.6. The minimum atomic E-state index is -3.31. The van der Waals surface area contributed by atoms with E-state index < -0.39 is 21.5 Å². The number of pyridine rings is 1. The smallest absolute Gasteiger partial charge is 0.238 e. The van der Waals surface area contributed by atoms with Crippen LogP contribution in [0.25, 0.3) is 28.1 Å². The van der Waals surface area contributed by atoms with Crippen LogP contribution >= 0.6 is 0 Å². The Balaban J connectivity index is 1.97. The van der Waals surface area contributed by atoms with Crippen molar-refractivity contribution in [2.75, 3.05) is 13.4 Å². The molecule has 9 heteroatoms. The van der Waals surface area contributed by atoms with Crippen LogP contribution < -0.4 is 9.47 Å². The average molecular weight is 485 g/mol. The maximum absolute atomic E-state index is 14.3. The molecule has 4 aromatic rings. The number of ether oxygens (including phenoxy) is 2. The van der Waals surface area contributed by atoms with Crippen LogP contribution in [0, 0.1) is 11.6 Å². The fourth-order valence-corrected chi connectivity index (χ4v) is 4.60. The quantitative estimate of drug-likeness (QED) is 0.346. The molecule has 4 rings (SSSR count). The molecule has 0 unspecified atom stereocenters. The highest BCUT2D eigenvalue weighted by Crippen LogP contribution is 2.41. The maximum Gasteiger partial charge on any atom is 0.238 e. The van der Waals surface area contributed by atoms with Gasteiger partial charge in [0.2, 0.25) is 5.88 Å². The van der Waals surface area contributed by atoms with Gasteiger partial charge in [-0.05, 0) is 42.0 Å². The fourth-order valence-electron chi connectivity index (χ4n) is 3.81. The lowest BCUT2D eigenvalue weighted by atomic mass is 10.0. The first-order valence-electron chi connectivity index (χ1n) is 10.2. The lowest BCUT2D eigenvalue weighted by Gasteiger charge is -2.14. The number of halogens is 2. The Kier molecular flexibility index (Phi) is 6.14. The van der Waals surface area contributed by atoms with Crippen LogP contribution in [-0.4, -0.2) is 31.3 Å². The van der Waals surface area contributed by atoms with Crippen LogP contribution in [0.5, 0.6) is 17.4 Å². The van der Waals surface area contributed by atoms with E-state index in [0.717, 1.165) is 23.8 Å². The van der Waals surface area contributed by atoms with Crippen molar-refractivity contribution >= 4 is 26.8 Å². The summed E-state index contributed by atoms with van der Waals surface area (Å²) in [7, 11) is 0.0284. The van der Waals surface area contributed by atoms with Crippen LogP contribution in [0.4, 0.5) is 8.78 Å². The van der Waals surface area contributed by atoms with E-state index in [2.05, 4.69) is 11.6 Å². The third-order valence-electron chi connectivity index (χ3n) is 5.23. The molecular weight excluding hydrogens is 462 g/mol. The second kappa shape index (κ2) is 8.90. The number of methoxy groups -OCH3 is 1. The zero-order chi connectivity index (χ0) is 24.6. The Morgan fingerprint density at radius 1 is 1.09 bits per heavy atom. The molecule has 0 saturated carbocycles. The van der Waals surface area contributed by atoms with Gasteiger partial charge in [0.25, 0.3) is 0 Å². The van der Waals surface area contributed by atoms with E-state index in [1.807, 2.05) is 23.9 Å². The van der Waals surface area contributed by atoms with E-state index in [1.165, 1.54) is 13.2 Å². The number of aryl methyl sites for hydroxylation is 1. The van der Waals surface area contributed by atoms with Crippen molar-refractivity contribution in [3.8, 4) is 28.5 Å². The molecule has 0 aliphatic carbocycles. The first-order chi connectivity index (χ1) is 16.1. The number of hydrogen-bond donors (Lipinski definition) is 0. The number of nitrogens with zero attached hydrogens (tertiary/aromatic N) is 2. The number of fused-ring (bicyclic) bond motifs is 1. The molecule has 0 aliphatic heterocycles. The van der Waals surface area contributed by atoms with E-state index in [1.54, 1.807) is 24.3 Å². The van der Waals surface area contributed by atoms with Gasteiger partial charge in [-0.1, -0.05) is 12.6 Å². The average Bonchev–Trinajstić information content (AvgIpc) is 3.11. The second-order valence-corrected chi connectivity index (χ2v) is 10.0. The molecule has 0 radical (unpaired) electrons. The van der Waals surface area contributed by atoms with Gasteiger partial charge in [0, 0.05) is 42.1 Å². The Labute approximate surface area is 196 Å². The van der Waals surface area contributed by atoms with Crippen LogP contribution in [0.1, 0.15) is 11.3 Å². The number of rotatable bonds is 7. The molecule has 6 nitrogen and oxygen atoms in total. The van der Waals surface area contributed by atoms with E-state index >= 15 is 0 Å². The van der Waals surface area contributed by atoms with Gasteiger partial charge >= 0.3 is 0 Å². The lowest BCUT2D eigenvalue weighted by Crippen LogP contribution is -2.01. The molecule has 0 spiro atoms. The van der Waals surface area contributed by atoms with Crippen LogP contribution in [0.3, 0.4) is 0 Å². The Hall–Kier alpha value is -3.72. The van der Waals surface area contributed by atoms with Crippen molar-refractivity contribution in [1.82, 2.24) is 9.55 Å². The molecule has 0 atom stereocenters. The minimum absolute atomic E-state index is 0.162. The Morgan fingerprint density at radius 3 is 2.47 bits per heavy atom. The fraction of sp³-hybridized carbons (Fsp3) is 0.160. The molecule has 0 N–H and O–H groups in total. The van der Waals surface area contributed by atoms with Crippen molar-refractivity contribution in [2.24, 2.45) is 7.05 Å². The highest BCUT2D eigenvalue weighted by molar-refractivity contribution is 7.89. The molecule has 0 amide bonds. The third kappa shape index (κ3) is 4.65. The standard InChI is InChI=1S/C25H22F2N2O4S/c1-5-17-12-19-20(13-29(2)24(19)25(28-17)32-3)18-10-15(14-34(4,30)31)6-8-22(18)33-23-9-7-16(26)11-21(23)27/h5-13H,1,14H2,2-4H3. The number of hydrogen-bond acceptors (Lipinski definition) is 5. The number of aromatic nitrogens is 2. The van der Waals surface area contributed by atoms with Gasteiger partial charge in [0.05, 0.1) is 18.6 Å². The number of benzene rings is 2. The van der Waals surface area contributed by atoms with E-state index in [-0.39, 0.29) is 17.3 Å². The predicted octanol–water partition coefficient (Wildman–Crippen LogP) is 5.51. The molecule has 176 valence electrons. The normalized spacial score (nSPS) is 11.6. The molecule has 0 fully saturated rings. The molecular formula is C25H22F2N2O4S. The van der Waals surface area contributed by atoms with E-state index in [0.29, 0.717) is 33.8 Å². The van der Waals surface area contributed by atoms with Gasteiger partial charge < -0.3 is 14.0 Å². The van der Waals surface area contributed by atoms with Gasteiger partial charge in [0.15, 0.2) is 21.4 Å². The molecule has 0 bridgehead atoms. The minimum Gasteiger partial charge on any atom is -0.479 e. The summed E-state index contributed by atoms with van der Waals surface area (Å²) in [6.45, 7) is 3.78. The van der Waals surface area contributed by atoms with Gasteiger partial charge in [-0.25, -0.2) is 22.2 Å². The van der Waals surface area contributed by atoms with Crippen molar-refractivity contribution in [1.29, 1.82) is 0 Å². The molecule has 2 heterocycles. The molecule has 0 aliphatic rings. The third-order valence-corrected chi connectivity index (χ3v) is 6.08. The summed E-state index contributed by atoms with van der Waals surface area (Å²) < 4.78 is 64.7. The summed E-state index contributed by atoms with van der Waals surface area (Å²) in [5, 5.41) is 0.755. The Morgan fingerprint density at radius 2 is 1.82 bits per heavy atom. The van der Waals surface area contributed by atoms with Crippen molar-refractivity contribution in [3.63, 3.8) is 0 Å². The van der Waals surface area contributed by atoms with Gasteiger partial charge in [0.1, 0.15) is 17.1 Å². The summed E-state index contributed by atoms with van der Waals surface area (Å²) in [5.41, 5.74) is 3.03. The molecule has 2 aromatic carbocycles.